The van der Waals surface area contributed by atoms with E-state index in [-0.39, 0.29) is 0 Å². The maximum atomic E-state index is 13.5. The summed E-state index contributed by atoms with van der Waals surface area (Å²) in [5, 5.41) is 3.71. The van der Waals surface area contributed by atoms with E-state index in [0.717, 1.165) is 18.4 Å². The van der Waals surface area contributed by atoms with Gasteiger partial charge in [0.25, 0.3) is 0 Å². The Labute approximate surface area is 223 Å². The molecule has 5 rings (SSSR count). The molecular formula is C26H22F3N5O2S2. The zero-order valence-electron chi connectivity index (χ0n) is 19.9. The van der Waals surface area contributed by atoms with Gasteiger partial charge in [0, 0.05) is 35.1 Å². The molecule has 2 atom stereocenters. The third-order valence-corrected chi connectivity index (χ3v) is 7.00. The molecule has 0 unspecified atom stereocenters. The van der Waals surface area contributed by atoms with Gasteiger partial charge in [-0.05, 0) is 78.9 Å². The lowest BCUT2D eigenvalue weighted by Gasteiger charge is -2.29. The Balaban J connectivity index is 1.61. The third kappa shape index (κ3) is 5.22. The van der Waals surface area contributed by atoms with Crippen molar-refractivity contribution in [2.45, 2.75) is 18.3 Å². The molecule has 38 heavy (non-hydrogen) atoms. The van der Waals surface area contributed by atoms with Crippen molar-refractivity contribution >= 4 is 38.7 Å². The summed E-state index contributed by atoms with van der Waals surface area (Å²) in [5.41, 5.74) is 2.05. The summed E-state index contributed by atoms with van der Waals surface area (Å²) >= 11 is 5.72. The summed E-state index contributed by atoms with van der Waals surface area (Å²) in [5.74, 6) is 0. The fourth-order valence-electron chi connectivity index (χ4n) is 4.54. The highest BCUT2D eigenvalue weighted by Crippen LogP contribution is 2.42. The van der Waals surface area contributed by atoms with Gasteiger partial charge in [-0.25, -0.2) is 8.42 Å². The normalized spacial score (nSPS) is 17.9. The molecule has 0 spiro atoms. The summed E-state index contributed by atoms with van der Waals surface area (Å²) in [7, 11) is -3.45. The van der Waals surface area contributed by atoms with Crippen LogP contribution in [-0.4, -0.2) is 29.3 Å². The molecule has 2 N–H and O–H groups in total. The number of sulfonamides is 1. The number of hydrogen-bond acceptors (Lipinski definition) is 4. The number of alkyl halides is 3. The predicted octanol–water partition coefficient (Wildman–Crippen LogP) is 5.44. The fourth-order valence-corrected chi connectivity index (χ4v) is 5.45. The summed E-state index contributed by atoms with van der Waals surface area (Å²) in [6.07, 6.45) is -0.0454. The number of thiocarbonyl (C=S) groups is 1. The predicted molar refractivity (Wildman–Crippen MR) is 144 cm³/mol. The van der Waals surface area contributed by atoms with Crippen LogP contribution in [-0.2, 0) is 16.2 Å². The maximum Gasteiger partial charge on any atom is 0.416 e. The molecule has 1 aliphatic heterocycles. The minimum atomic E-state index is -4.48. The Morgan fingerprint density at radius 2 is 1.74 bits per heavy atom. The molecule has 3 heterocycles. The van der Waals surface area contributed by atoms with E-state index in [9.17, 15) is 21.6 Å². The number of nitrogens with one attached hydrogen (secondary N) is 2. The van der Waals surface area contributed by atoms with E-state index < -0.39 is 33.8 Å². The minimum Gasteiger partial charge on any atom is -0.351 e. The van der Waals surface area contributed by atoms with Crippen molar-refractivity contribution in [3.05, 3.63) is 108 Å². The van der Waals surface area contributed by atoms with Gasteiger partial charge < -0.3 is 14.8 Å². The summed E-state index contributed by atoms with van der Waals surface area (Å²) in [6, 6.07) is 20.0. The first-order chi connectivity index (χ1) is 18.0. The van der Waals surface area contributed by atoms with Crippen LogP contribution in [0.4, 0.5) is 24.5 Å². The second-order valence-electron chi connectivity index (χ2n) is 8.77. The summed E-state index contributed by atoms with van der Waals surface area (Å²) in [4.78, 5) is 6.36. The second-order valence-corrected chi connectivity index (χ2v) is 10.9. The second kappa shape index (κ2) is 9.76. The van der Waals surface area contributed by atoms with Gasteiger partial charge in [-0.15, -0.1) is 0 Å². The molecule has 2 aromatic heterocycles. The smallest absolute Gasteiger partial charge is 0.351 e. The molecule has 7 nitrogen and oxygen atoms in total. The maximum absolute atomic E-state index is 13.5. The van der Waals surface area contributed by atoms with Gasteiger partial charge in [0.15, 0.2) is 5.11 Å². The van der Waals surface area contributed by atoms with E-state index in [0.29, 0.717) is 33.6 Å². The fraction of sp³-hybridized carbons (Fsp3) is 0.154. The van der Waals surface area contributed by atoms with Gasteiger partial charge in [0.2, 0.25) is 10.0 Å². The lowest BCUT2D eigenvalue weighted by atomic mass is 10.0. The summed E-state index contributed by atoms with van der Waals surface area (Å²) in [6.45, 7) is 0. The Bertz CT molecular complexity index is 1570. The van der Waals surface area contributed by atoms with Crippen molar-refractivity contribution in [1.82, 2.24) is 14.9 Å². The quantitative estimate of drug-likeness (QED) is 0.308. The zero-order valence-corrected chi connectivity index (χ0v) is 21.6. The third-order valence-electron chi connectivity index (χ3n) is 6.08. The molecule has 1 fully saturated rings. The van der Waals surface area contributed by atoms with E-state index in [1.165, 1.54) is 6.07 Å². The highest BCUT2D eigenvalue weighted by atomic mass is 32.2. The van der Waals surface area contributed by atoms with Crippen molar-refractivity contribution < 1.29 is 21.6 Å². The molecular weight excluding hydrogens is 535 g/mol. The van der Waals surface area contributed by atoms with Gasteiger partial charge in [-0.3, -0.25) is 9.71 Å². The summed E-state index contributed by atoms with van der Waals surface area (Å²) < 4.78 is 67.8. The first kappa shape index (κ1) is 25.7. The molecule has 12 heteroatoms. The van der Waals surface area contributed by atoms with Crippen molar-refractivity contribution in [2.24, 2.45) is 0 Å². The van der Waals surface area contributed by atoms with Crippen molar-refractivity contribution in [1.29, 1.82) is 0 Å². The molecule has 1 aliphatic rings. The standard InChI is InChI=1S/C26H22F3N5O2S2/c1-38(35,36)32-18-10-12-19(13-11-18)34-24(23(31-25(34)37)21-8-2-3-14-30-21)22-9-5-15-33(22)20-7-4-6-17(16-20)26(27,28)29/h2-16,23-24,32H,1H3,(H,31,37)/t23-,24-/m0/s1. The molecule has 196 valence electrons. The Morgan fingerprint density at radius 1 is 0.974 bits per heavy atom. The SMILES string of the molecule is CS(=O)(=O)Nc1ccc(N2C(=S)N[C@@H](c3ccccn3)[C@@H]2c2cccn2-c2cccc(C(F)(F)F)c2)cc1. The Morgan fingerprint density at radius 3 is 2.39 bits per heavy atom. The van der Waals surface area contributed by atoms with Crippen molar-refractivity contribution in [3.63, 3.8) is 0 Å². The first-order valence-electron chi connectivity index (χ1n) is 11.4. The van der Waals surface area contributed by atoms with Crippen LogP contribution in [0.15, 0.2) is 91.3 Å². The number of nitrogens with zero attached hydrogens (tertiary/aromatic N) is 3. The molecule has 0 saturated carbocycles. The van der Waals surface area contributed by atoms with Gasteiger partial charge >= 0.3 is 6.18 Å². The Hall–Kier alpha value is -3.90. The van der Waals surface area contributed by atoms with E-state index in [2.05, 4.69) is 15.0 Å². The monoisotopic (exact) mass is 557 g/mol. The van der Waals surface area contributed by atoms with E-state index >= 15 is 0 Å². The van der Waals surface area contributed by atoms with Crippen molar-refractivity contribution in [3.8, 4) is 5.69 Å². The molecule has 4 aromatic rings. The zero-order chi connectivity index (χ0) is 27.1. The van der Waals surface area contributed by atoms with Crippen LogP contribution in [0.2, 0.25) is 0 Å². The van der Waals surface area contributed by atoms with Gasteiger partial charge in [0.05, 0.1) is 23.6 Å². The van der Waals surface area contributed by atoms with E-state index in [4.69, 9.17) is 12.2 Å². The highest BCUT2D eigenvalue weighted by Gasteiger charge is 2.42. The number of hydrogen-bond donors (Lipinski definition) is 2. The van der Waals surface area contributed by atoms with Crippen LogP contribution in [0.25, 0.3) is 5.69 Å². The van der Waals surface area contributed by atoms with E-state index in [1.54, 1.807) is 59.4 Å². The lowest BCUT2D eigenvalue weighted by Crippen LogP contribution is -2.30. The molecule has 0 bridgehead atoms. The molecule has 0 amide bonds. The lowest BCUT2D eigenvalue weighted by molar-refractivity contribution is -0.137. The highest BCUT2D eigenvalue weighted by molar-refractivity contribution is 7.92. The van der Waals surface area contributed by atoms with E-state index in [1.807, 2.05) is 23.1 Å². The number of pyridine rings is 1. The number of anilines is 2. The van der Waals surface area contributed by atoms with Crippen LogP contribution in [0.5, 0.6) is 0 Å². The first-order valence-corrected chi connectivity index (χ1v) is 13.7. The Kier molecular flexibility index (Phi) is 6.61. The largest absolute Gasteiger partial charge is 0.416 e. The number of benzene rings is 2. The average molecular weight is 558 g/mol. The topological polar surface area (TPSA) is 79.3 Å². The van der Waals surface area contributed by atoms with Crippen LogP contribution < -0.4 is 14.9 Å². The molecule has 0 aliphatic carbocycles. The van der Waals surface area contributed by atoms with Gasteiger partial charge in [0.1, 0.15) is 6.04 Å². The van der Waals surface area contributed by atoms with Crippen LogP contribution >= 0.6 is 12.2 Å². The molecule has 2 aromatic carbocycles. The number of rotatable bonds is 6. The van der Waals surface area contributed by atoms with Crippen molar-refractivity contribution in [2.75, 3.05) is 15.9 Å². The molecule has 0 radical (unpaired) electrons. The average Bonchev–Trinajstić information content (AvgIpc) is 3.48. The van der Waals surface area contributed by atoms with Crippen LogP contribution in [0, 0.1) is 0 Å². The van der Waals surface area contributed by atoms with Gasteiger partial charge in [-0.2, -0.15) is 13.2 Å². The number of aromatic nitrogens is 2. The number of halogens is 3. The van der Waals surface area contributed by atoms with Crippen LogP contribution in [0.3, 0.4) is 0 Å². The molecule has 1 saturated heterocycles. The minimum absolute atomic E-state index is 0.352. The van der Waals surface area contributed by atoms with Gasteiger partial charge in [-0.1, -0.05) is 12.1 Å². The van der Waals surface area contributed by atoms with Crippen LogP contribution in [0.1, 0.15) is 29.0 Å².